The zero-order chi connectivity index (χ0) is 11.5. The standard InChI is InChI=1S/C15H20O/c1-4-12-10-13-7-5-6-8-14(13)16-15(12)9-11(2)3/h5-8,10-11,15H,4,9H2,1-3H3. The second-order valence-electron chi connectivity index (χ2n) is 4.85. The Labute approximate surface area is 98.1 Å². The highest BCUT2D eigenvalue weighted by Gasteiger charge is 2.21. The lowest BCUT2D eigenvalue weighted by Gasteiger charge is -2.28. The van der Waals surface area contributed by atoms with Crippen molar-refractivity contribution in [3.05, 3.63) is 35.4 Å². The van der Waals surface area contributed by atoms with E-state index < -0.39 is 0 Å². The second kappa shape index (κ2) is 4.73. The molecule has 0 N–H and O–H groups in total. The van der Waals surface area contributed by atoms with Crippen LogP contribution in [0.5, 0.6) is 5.75 Å². The van der Waals surface area contributed by atoms with Crippen LogP contribution in [-0.4, -0.2) is 6.10 Å². The second-order valence-corrected chi connectivity index (χ2v) is 4.85. The van der Waals surface area contributed by atoms with Crippen LogP contribution >= 0.6 is 0 Å². The Bertz CT molecular complexity index is 390. The van der Waals surface area contributed by atoms with Crippen LogP contribution in [0.3, 0.4) is 0 Å². The van der Waals surface area contributed by atoms with Gasteiger partial charge in [-0.2, -0.15) is 0 Å². The first kappa shape index (κ1) is 11.3. The van der Waals surface area contributed by atoms with Crippen LogP contribution < -0.4 is 4.74 Å². The Morgan fingerprint density at radius 3 is 2.69 bits per heavy atom. The largest absolute Gasteiger partial charge is 0.485 e. The number of hydrogen-bond donors (Lipinski definition) is 0. The molecule has 1 aromatic carbocycles. The highest BCUT2D eigenvalue weighted by Crippen LogP contribution is 2.32. The summed E-state index contributed by atoms with van der Waals surface area (Å²) in [6.45, 7) is 6.70. The van der Waals surface area contributed by atoms with Gasteiger partial charge in [-0.05, 0) is 36.5 Å². The van der Waals surface area contributed by atoms with Gasteiger partial charge >= 0.3 is 0 Å². The van der Waals surface area contributed by atoms with Gasteiger partial charge in [0.15, 0.2) is 0 Å². The monoisotopic (exact) mass is 216 g/mol. The third-order valence-corrected chi connectivity index (χ3v) is 3.04. The minimum atomic E-state index is 0.278. The topological polar surface area (TPSA) is 9.23 Å². The third-order valence-electron chi connectivity index (χ3n) is 3.04. The minimum Gasteiger partial charge on any atom is -0.485 e. The summed E-state index contributed by atoms with van der Waals surface area (Å²) in [5.41, 5.74) is 2.65. The van der Waals surface area contributed by atoms with E-state index in [4.69, 9.17) is 4.74 Å². The summed E-state index contributed by atoms with van der Waals surface area (Å²) in [5, 5.41) is 0. The Kier molecular flexibility index (Phi) is 3.33. The van der Waals surface area contributed by atoms with Crippen molar-refractivity contribution >= 4 is 6.08 Å². The van der Waals surface area contributed by atoms with Crippen molar-refractivity contribution < 1.29 is 4.74 Å². The molecular weight excluding hydrogens is 196 g/mol. The summed E-state index contributed by atoms with van der Waals surface area (Å²) in [4.78, 5) is 0. The number of para-hydroxylation sites is 1. The lowest BCUT2D eigenvalue weighted by Crippen LogP contribution is -2.24. The smallest absolute Gasteiger partial charge is 0.127 e. The van der Waals surface area contributed by atoms with E-state index in [1.54, 1.807) is 0 Å². The predicted molar refractivity (Wildman–Crippen MR) is 68.6 cm³/mol. The van der Waals surface area contributed by atoms with Gasteiger partial charge in [-0.15, -0.1) is 0 Å². The van der Waals surface area contributed by atoms with Gasteiger partial charge in [-0.25, -0.2) is 0 Å². The summed E-state index contributed by atoms with van der Waals surface area (Å²) in [5.74, 6) is 1.70. The average Bonchev–Trinajstić information content (AvgIpc) is 2.27. The fraction of sp³-hybridized carbons (Fsp3) is 0.467. The average molecular weight is 216 g/mol. The Morgan fingerprint density at radius 1 is 1.25 bits per heavy atom. The molecule has 0 saturated heterocycles. The van der Waals surface area contributed by atoms with E-state index in [2.05, 4.69) is 45.0 Å². The number of benzene rings is 1. The number of ether oxygens (including phenoxy) is 1. The van der Waals surface area contributed by atoms with E-state index in [1.165, 1.54) is 11.1 Å². The maximum absolute atomic E-state index is 6.08. The normalized spacial score (nSPS) is 19.0. The molecule has 0 spiro atoms. The molecule has 1 aromatic rings. The van der Waals surface area contributed by atoms with Gasteiger partial charge in [0.1, 0.15) is 11.9 Å². The van der Waals surface area contributed by atoms with Gasteiger partial charge < -0.3 is 4.74 Å². The van der Waals surface area contributed by atoms with Gasteiger partial charge in [0.2, 0.25) is 0 Å². The summed E-state index contributed by atoms with van der Waals surface area (Å²) in [7, 11) is 0. The SMILES string of the molecule is CCC1=Cc2ccccc2OC1CC(C)C. The molecule has 0 bridgehead atoms. The summed E-state index contributed by atoms with van der Waals surface area (Å²) < 4.78 is 6.08. The van der Waals surface area contributed by atoms with Gasteiger partial charge in [0, 0.05) is 5.56 Å². The zero-order valence-corrected chi connectivity index (χ0v) is 10.4. The highest BCUT2D eigenvalue weighted by atomic mass is 16.5. The predicted octanol–water partition coefficient (Wildman–Crippen LogP) is 4.29. The molecular formula is C15H20O. The molecule has 16 heavy (non-hydrogen) atoms. The van der Waals surface area contributed by atoms with Crippen LogP contribution in [0.2, 0.25) is 0 Å². The van der Waals surface area contributed by atoms with Crippen LogP contribution in [0.25, 0.3) is 6.08 Å². The summed E-state index contributed by atoms with van der Waals surface area (Å²) in [6.07, 6.45) is 4.76. The number of fused-ring (bicyclic) bond motifs is 1. The fourth-order valence-corrected chi connectivity index (χ4v) is 2.19. The zero-order valence-electron chi connectivity index (χ0n) is 10.4. The molecule has 0 saturated carbocycles. The van der Waals surface area contributed by atoms with E-state index in [0.29, 0.717) is 5.92 Å². The molecule has 0 amide bonds. The third kappa shape index (κ3) is 2.29. The molecule has 2 rings (SSSR count). The van der Waals surface area contributed by atoms with Crippen molar-refractivity contribution in [3.8, 4) is 5.75 Å². The molecule has 0 aromatic heterocycles. The number of hydrogen-bond acceptors (Lipinski definition) is 1. The minimum absolute atomic E-state index is 0.278. The van der Waals surface area contributed by atoms with Crippen LogP contribution in [0.15, 0.2) is 29.8 Å². The fourth-order valence-electron chi connectivity index (χ4n) is 2.19. The Hall–Kier alpha value is -1.24. The van der Waals surface area contributed by atoms with Crippen molar-refractivity contribution in [1.29, 1.82) is 0 Å². The quantitative estimate of drug-likeness (QED) is 0.732. The van der Waals surface area contributed by atoms with Crippen molar-refractivity contribution in [1.82, 2.24) is 0 Å². The first-order valence-electron chi connectivity index (χ1n) is 6.17. The van der Waals surface area contributed by atoms with Gasteiger partial charge in [0.05, 0.1) is 0 Å². The molecule has 1 nitrogen and oxygen atoms in total. The molecule has 1 aliphatic heterocycles. The van der Waals surface area contributed by atoms with Gasteiger partial charge in [-0.3, -0.25) is 0 Å². The Morgan fingerprint density at radius 2 is 2.00 bits per heavy atom. The van der Waals surface area contributed by atoms with Crippen LogP contribution in [0.4, 0.5) is 0 Å². The Balaban J connectivity index is 2.27. The molecule has 0 radical (unpaired) electrons. The molecule has 1 unspecified atom stereocenters. The lowest BCUT2D eigenvalue weighted by atomic mass is 9.93. The molecule has 86 valence electrons. The van der Waals surface area contributed by atoms with Crippen LogP contribution in [-0.2, 0) is 0 Å². The molecule has 0 aliphatic carbocycles. The highest BCUT2D eigenvalue weighted by molar-refractivity contribution is 5.62. The van der Waals surface area contributed by atoms with Crippen molar-refractivity contribution in [2.24, 2.45) is 5.92 Å². The maximum atomic E-state index is 6.08. The molecule has 1 aliphatic rings. The van der Waals surface area contributed by atoms with Gasteiger partial charge in [-0.1, -0.05) is 39.0 Å². The van der Waals surface area contributed by atoms with Crippen molar-refractivity contribution in [3.63, 3.8) is 0 Å². The maximum Gasteiger partial charge on any atom is 0.127 e. The van der Waals surface area contributed by atoms with E-state index >= 15 is 0 Å². The van der Waals surface area contributed by atoms with Crippen LogP contribution in [0, 0.1) is 5.92 Å². The lowest BCUT2D eigenvalue weighted by molar-refractivity contribution is 0.201. The molecule has 1 atom stereocenters. The van der Waals surface area contributed by atoms with Crippen molar-refractivity contribution in [2.75, 3.05) is 0 Å². The van der Waals surface area contributed by atoms with E-state index in [1.807, 2.05) is 6.07 Å². The molecule has 1 heteroatoms. The first-order chi connectivity index (χ1) is 7.70. The van der Waals surface area contributed by atoms with E-state index in [0.717, 1.165) is 18.6 Å². The summed E-state index contributed by atoms with van der Waals surface area (Å²) >= 11 is 0. The first-order valence-corrected chi connectivity index (χ1v) is 6.17. The molecule has 1 heterocycles. The summed E-state index contributed by atoms with van der Waals surface area (Å²) in [6, 6.07) is 8.28. The van der Waals surface area contributed by atoms with E-state index in [-0.39, 0.29) is 6.10 Å². The van der Waals surface area contributed by atoms with E-state index in [9.17, 15) is 0 Å². The van der Waals surface area contributed by atoms with Crippen LogP contribution in [0.1, 0.15) is 39.2 Å². The van der Waals surface area contributed by atoms with Gasteiger partial charge in [0.25, 0.3) is 0 Å². The molecule has 0 fully saturated rings. The van der Waals surface area contributed by atoms with Crippen molar-refractivity contribution in [2.45, 2.75) is 39.7 Å². The number of rotatable bonds is 3.